The van der Waals surface area contributed by atoms with Gasteiger partial charge >= 0.3 is 11.8 Å². The quantitative estimate of drug-likeness (QED) is 0.671. The number of para-hydroxylation sites is 1. The van der Waals surface area contributed by atoms with Crippen molar-refractivity contribution in [3.05, 3.63) is 59.7 Å². The maximum Gasteiger partial charge on any atom is 0.314 e. The molecule has 0 atom stereocenters. The number of carbonyl (C=O) groups is 3. The highest BCUT2D eigenvalue weighted by Crippen LogP contribution is 2.14. The third-order valence-electron chi connectivity index (χ3n) is 3.05. The molecule has 6 heteroatoms. The van der Waals surface area contributed by atoms with Gasteiger partial charge in [0.25, 0.3) is 0 Å². The van der Waals surface area contributed by atoms with Crippen LogP contribution in [0.5, 0.6) is 0 Å². The third-order valence-corrected chi connectivity index (χ3v) is 3.05. The second-order valence-corrected chi connectivity index (χ2v) is 4.70. The number of carbonyl (C=O) groups excluding carboxylic acids is 3. The molecule has 0 saturated heterocycles. The maximum absolute atomic E-state index is 11.9. The Balaban J connectivity index is 2.04. The smallest absolute Gasteiger partial charge is 0.314 e. The van der Waals surface area contributed by atoms with Gasteiger partial charge in [-0.2, -0.15) is 5.26 Å². The Labute approximate surface area is 132 Å². The predicted molar refractivity (Wildman–Crippen MR) is 84.9 cm³/mol. The van der Waals surface area contributed by atoms with Crippen molar-refractivity contribution in [2.24, 2.45) is 0 Å². The van der Waals surface area contributed by atoms with Crippen LogP contribution in [0.15, 0.2) is 48.5 Å². The van der Waals surface area contributed by atoms with Crippen LogP contribution in [0.4, 0.5) is 11.4 Å². The number of hydrogen-bond acceptors (Lipinski definition) is 4. The number of ketones is 1. The number of benzene rings is 2. The molecule has 0 heterocycles. The van der Waals surface area contributed by atoms with Crippen LogP contribution in [0.2, 0.25) is 0 Å². The van der Waals surface area contributed by atoms with Crippen LogP contribution in [0.3, 0.4) is 0 Å². The second kappa shape index (κ2) is 7.00. The largest absolute Gasteiger partial charge is 0.318 e. The van der Waals surface area contributed by atoms with Crippen molar-refractivity contribution >= 4 is 29.0 Å². The first-order chi connectivity index (χ1) is 11.0. The molecule has 0 saturated carbocycles. The zero-order valence-corrected chi connectivity index (χ0v) is 12.3. The molecule has 2 amide bonds. The number of nitrogens with zero attached hydrogens (tertiary/aromatic N) is 1. The summed E-state index contributed by atoms with van der Waals surface area (Å²) in [6.07, 6.45) is 0. The van der Waals surface area contributed by atoms with Crippen LogP contribution >= 0.6 is 0 Å². The first kappa shape index (κ1) is 15.9. The molecule has 6 nitrogen and oxygen atoms in total. The lowest BCUT2D eigenvalue weighted by Gasteiger charge is -2.08. The topological polar surface area (TPSA) is 99.1 Å². The molecular formula is C17H13N3O3. The fourth-order valence-corrected chi connectivity index (χ4v) is 1.84. The Kier molecular flexibility index (Phi) is 4.85. The van der Waals surface area contributed by atoms with Gasteiger partial charge in [-0.25, -0.2) is 0 Å². The number of Topliss-reactive ketones (excluding diaryl/α,β-unsaturated/α-hetero) is 1. The monoisotopic (exact) mass is 307 g/mol. The van der Waals surface area contributed by atoms with Gasteiger partial charge in [-0.3, -0.25) is 14.4 Å². The minimum atomic E-state index is -0.886. The molecule has 23 heavy (non-hydrogen) atoms. The Morgan fingerprint density at radius 1 is 0.913 bits per heavy atom. The normalized spacial score (nSPS) is 9.57. The van der Waals surface area contributed by atoms with Gasteiger partial charge in [0.05, 0.1) is 11.3 Å². The van der Waals surface area contributed by atoms with Crippen LogP contribution in [0, 0.1) is 11.3 Å². The summed E-state index contributed by atoms with van der Waals surface area (Å²) in [5.41, 5.74) is 1.43. The number of rotatable bonds is 3. The van der Waals surface area contributed by atoms with Crippen molar-refractivity contribution in [2.75, 3.05) is 10.6 Å². The van der Waals surface area contributed by atoms with E-state index in [1.807, 2.05) is 6.07 Å². The van der Waals surface area contributed by atoms with Crippen LogP contribution < -0.4 is 10.6 Å². The molecule has 0 aliphatic heterocycles. The van der Waals surface area contributed by atoms with E-state index in [9.17, 15) is 14.4 Å². The van der Waals surface area contributed by atoms with Gasteiger partial charge in [-0.1, -0.05) is 12.1 Å². The van der Waals surface area contributed by atoms with E-state index < -0.39 is 11.8 Å². The van der Waals surface area contributed by atoms with E-state index in [0.29, 0.717) is 11.3 Å². The summed E-state index contributed by atoms with van der Waals surface area (Å²) in [4.78, 5) is 34.9. The summed E-state index contributed by atoms with van der Waals surface area (Å²) in [6.45, 7) is 1.44. The Bertz CT molecular complexity index is 805. The van der Waals surface area contributed by atoms with E-state index in [4.69, 9.17) is 5.26 Å². The summed E-state index contributed by atoms with van der Waals surface area (Å²) < 4.78 is 0. The molecule has 0 aliphatic carbocycles. The highest BCUT2D eigenvalue weighted by atomic mass is 16.2. The van der Waals surface area contributed by atoms with Gasteiger partial charge in [-0.05, 0) is 43.3 Å². The van der Waals surface area contributed by atoms with Crippen molar-refractivity contribution in [3.8, 4) is 6.07 Å². The average Bonchev–Trinajstić information content (AvgIpc) is 2.55. The first-order valence-corrected chi connectivity index (χ1v) is 6.73. The molecule has 0 fully saturated rings. The van der Waals surface area contributed by atoms with E-state index in [-0.39, 0.29) is 17.0 Å². The van der Waals surface area contributed by atoms with Crippen molar-refractivity contribution in [1.82, 2.24) is 0 Å². The standard InChI is InChI=1S/C17H13N3O3/c1-11(21)12-6-8-14(9-7-12)19-16(22)17(23)20-15-5-3-2-4-13(15)10-18/h2-9H,1H3,(H,19,22)(H,20,23). The molecular weight excluding hydrogens is 294 g/mol. The summed E-state index contributed by atoms with van der Waals surface area (Å²) in [7, 11) is 0. The van der Waals surface area contributed by atoms with Crippen molar-refractivity contribution < 1.29 is 14.4 Å². The van der Waals surface area contributed by atoms with E-state index in [2.05, 4.69) is 10.6 Å². The van der Waals surface area contributed by atoms with E-state index in [1.165, 1.54) is 31.2 Å². The van der Waals surface area contributed by atoms with Gasteiger partial charge in [0, 0.05) is 11.3 Å². The summed E-state index contributed by atoms with van der Waals surface area (Å²) in [6, 6.07) is 14.5. The lowest BCUT2D eigenvalue weighted by atomic mass is 10.1. The number of hydrogen-bond donors (Lipinski definition) is 2. The molecule has 0 unspecified atom stereocenters. The molecule has 2 rings (SSSR count). The lowest BCUT2D eigenvalue weighted by Crippen LogP contribution is -2.29. The Hall–Kier alpha value is -3.46. The number of nitriles is 1. The van der Waals surface area contributed by atoms with Crippen LogP contribution in [-0.4, -0.2) is 17.6 Å². The maximum atomic E-state index is 11.9. The van der Waals surface area contributed by atoms with Crippen molar-refractivity contribution in [2.45, 2.75) is 6.92 Å². The second-order valence-electron chi connectivity index (χ2n) is 4.70. The summed E-state index contributed by atoms with van der Waals surface area (Å²) in [5.74, 6) is -1.84. The van der Waals surface area contributed by atoms with Gasteiger partial charge in [0.15, 0.2) is 5.78 Å². The highest BCUT2D eigenvalue weighted by molar-refractivity contribution is 6.43. The number of amides is 2. The number of anilines is 2. The summed E-state index contributed by atoms with van der Waals surface area (Å²) in [5, 5.41) is 13.8. The fourth-order valence-electron chi connectivity index (χ4n) is 1.84. The van der Waals surface area contributed by atoms with Gasteiger partial charge < -0.3 is 10.6 Å². The zero-order valence-electron chi connectivity index (χ0n) is 12.3. The minimum absolute atomic E-state index is 0.0891. The van der Waals surface area contributed by atoms with E-state index >= 15 is 0 Å². The SMILES string of the molecule is CC(=O)c1ccc(NC(=O)C(=O)Nc2ccccc2C#N)cc1. The van der Waals surface area contributed by atoms with Gasteiger partial charge in [-0.15, -0.1) is 0 Å². The average molecular weight is 307 g/mol. The fraction of sp³-hybridized carbons (Fsp3) is 0.0588. The van der Waals surface area contributed by atoms with Gasteiger partial charge in [0.1, 0.15) is 6.07 Å². The Morgan fingerprint density at radius 2 is 1.52 bits per heavy atom. The molecule has 0 aliphatic rings. The van der Waals surface area contributed by atoms with Crippen molar-refractivity contribution in [1.29, 1.82) is 5.26 Å². The molecule has 2 aromatic carbocycles. The third kappa shape index (κ3) is 4.02. The zero-order chi connectivity index (χ0) is 16.8. The molecule has 0 spiro atoms. The van der Waals surface area contributed by atoms with Crippen LogP contribution in [0.25, 0.3) is 0 Å². The lowest BCUT2D eigenvalue weighted by molar-refractivity contribution is -0.133. The van der Waals surface area contributed by atoms with Crippen LogP contribution in [0.1, 0.15) is 22.8 Å². The number of nitrogens with one attached hydrogen (secondary N) is 2. The van der Waals surface area contributed by atoms with E-state index in [1.54, 1.807) is 24.3 Å². The highest BCUT2D eigenvalue weighted by Gasteiger charge is 2.15. The first-order valence-electron chi connectivity index (χ1n) is 6.73. The molecule has 0 radical (unpaired) electrons. The molecule has 114 valence electrons. The molecule has 0 bridgehead atoms. The predicted octanol–water partition coefficient (Wildman–Crippen LogP) is 2.34. The summed E-state index contributed by atoms with van der Waals surface area (Å²) >= 11 is 0. The molecule has 0 aromatic heterocycles. The van der Waals surface area contributed by atoms with Crippen molar-refractivity contribution in [3.63, 3.8) is 0 Å². The van der Waals surface area contributed by atoms with Crippen LogP contribution in [-0.2, 0) is 9.59 Å². The van der Waals surface area contributed by atoms with Gasteiger partial charge in [0.2, 0.25) is 0 Å². The molecule has 2 aromatic rings. The van der Waals surface area contributed by atoms with E-state index in [0.717, 1.165) is 0 Å². The minimum Gasteiger partial charge on any atom is -0.318 e. The Morgan fingerprint density at radius 3 is 2.13 bits per heavy atom. The molecule has 2 N–H and O–H groups in total.